The zero-order valence-corrected chi connectivity index (χ0v) is 20.2. The van der Waals surface area contributed by atoms with Gasteiger partial charge in [0.1, 0.15) is 5.82 Å². The standard InChI is InChI=1S/C24H29Cl2N5O2/c1-31-14-20(19-12-18(25)13-22(26)21(19)15-31)16-3-2-4-17(11-16)24-28-23(29-30-24)5-7-32-9-10-33-8-6-27/h2-4,11-13,20H,5-10,14-15,27H2,1H3,(H,28,29,30)/t20-/m0/s1. The number of H-pyrrole nitrogens is 1. The topological polar surface area (TPSA) is 89.3 Å². The molecule has 1 aromatic heterocycles. The fraction of sp³-hybridized carbons (Fsp3) is 0.417. The van der Waals surface area contributed by atoms with Crippen molar-refractivity contribution in [2.24, 2.45) is 5.73 Å². The van der Waals surface area contributed by atoms with E-state index >= 15 is 0 Å². The second-order valence-electron chi connectivity index (χ2n) is 8.20. The number of nitrogens with one attached hydrogen (secondary N) is 1. The van der Waals surface area contributed by atoms with E-state index in [0.29, 0.717) is 50.2 Å². The molecule has 7 nitrogen and oxygen atoms in total. The second kappa shape index (κ2) is 11.4. The Morgan fingerprint density at radius 2 is 1.94 bits per heavy atom. The minimum atomic E-state index is 0.170. The summed E-state index contributed by atoms with van der Waals surface area (Å²) in [5, 5.41) is 8.82. The number of aromatic nitrogens is 3. The van der Waals surface area contributed by atoms with Gasteiger partial charge in [-0.3, -0.25) is 5.10 Å². The summed E-state index contributed by atoms with van der Waals surface area (Å²) in [6.45, 7) is 4.40. The van der Waals surface area contributed by atoms with Crippen LogP contribution in [0.5, 0.6) is 0 Å². The maximum Gasteiger partial charge on any atom is 0.181 e. The number of rotatable bonds is 10. The first-order chi connectivity index (χ1) is 16.0. The molecule has 0 spiro atoms. The number of aromatic amines is 1. The lowest BCUT2D eigenvalue weighted by Crippen LogP contribution is -2.31. The fourth-order valence-electron chi connectivity index (χ4n) is 4.14. The third kappa shape index (κ3) is 6.12. The first kappa shape index (κ1) is 24.1. The average Bonchev–Trinajstić information content (AvgIpc) is 3.28. The summed E-state index contributed by atoms with van der Waals surface area (Å²) in [6.07, 6.45) is 0.654. The summed E-state index contributed by atoms with van der Waals surface area (Å²) in [5.41, 5.74) is 9.87. The summed E-state index contributed by atoms with van der Waals surface area (Å²) in [5.74, 6) is 1.63. The van der Waals surface area contributed by atoms with E-state index in [2.05, 4.69) is 39.3 Å². The molecule has 176 valence electrons. The van der Waals surface area contributed by atoms with Crippen molar-refractivity contribution in [3.63, 3.8) is 0 Å². The highest BCUT2D eigenvalue weighted by Gasteiger charge is 2.27. The number of hydrogen-bond donors (Lipinski definition) is 2. The van der Waals surface area contributed by atoms with Crippen molar-refractivity contribution < 1.29 is 9.47 Å². The third-order valence-electron chi connectivity index (χ3n) is 5.69. The molecule has 33 heavy (non-hydrogen) atoms. The number of benzene rings is 2. The molecule has 9 heteroatoms. The molecule has 1 atom stereocenters. The van der Waals surface area contributed by atoms with Gasteiger partial charge in [-0.2, -0.15) is 5.10 Å². The van der Waals surface area contributed by atoms with Crippen LogP contribution in [-0.4, -0.2) is 66.6 Å². The SMILES string of the molecule is CN1Cc2c(Cl)cc(Cl)cc2[C@H](c2cccc(-c3n[nH]c(CCOCCOCCN)n3)c2)C1. The van der Waals surface area contributed by atoms with E-state index in [4.69, 9.17) is 38.4 Å². The van der Waals surface area contributed by atoms with Gasteiger partial charge in [0.25, 0.3) is 0 Å². The van der Waals surface area contributed by atoms with Gasteiger partial charge in [-0.1, -0.05) is 41.4 Å². The molecule has 0 saturated heterocycles. The van der Waals surface area contributed by atoms with Crippen LogP contribution < -0.4 is 5.73 Å². The molecule has 2 aromatic carbocycles. The first-order valence-corrected chi connectivity index (χ1v) is 11.8. The van der Waals surface area contributed by atoms with Crippen molar-refractivity contribution in [3.8, 4) is 11.4 Å². The van der Waals surface area contributed by atoms with Crippen LogP contribution in [0, 0.1) is 0 Å². The highest BCUT2D eigenvalue weighted by Crippen LogP contribution is 2.39. The normalized spacial score (nSPS) is 16.2. The molecule has 0 fully saturated rings. The molecule has 3 aromatic rings. The lowest BCUT2D eigenvalue weighted by molar-refractivity contribution is 0.0515. The van der Waals surface area contributed by atoms with Gasteiger partial charge in [0, 0.05) is 47.6 Å². The van der Waals surface area contributed by atoms with Gasteiger partial charge in [-0.05, 0) is 41.9 Å². The molecule has 1 aliphatic heterocycles. The number of fused-ring (bicyclic) bond motifs is 1. The van der Waals surface area contributed by atoms with Crippen molar-refractivity contribution >= 4 is 23.2 Å². The maximum atomic E-state index is 6.52. The summed E-state index contributed by atoms with van der Waals surface area (Å²) in [7, 11) is 2.11. The zero-order valence-electron chi connectivity index (χ0n) is 18.7. The van der Waals surface area contributed by atoms with E-state index in [9.17, 15) is 0 Å². The highest BCUT2D eigenvalue weighted by molar-refractivity contribution is 6.35. The van der Waals surface area contributed by atoms with Crippen LogP contribution in [-0.2, 0) is 22.4 Å². The van der Waals surface area contributed by atoms with Crippen molar-refractivity contribution in [3.05, 3.63) is 69.0 Å². The zero-order chi connectivity index (χ0) is 23.2. The van der Waals surface area contributed by atoms with Crippen molar-refractivity contribution in [1.82, 2.24) is 20.1 Å². The van der Waals surface area contributed by atoms with Gasteiger partial charge in [0.2, 0.25) is 0 Å². The quantitative estimate of drug-likeness (QED) is 0.420. The predicted octanol–water partition coefficient (Wildman–Crippen LogP) is 3.89. The second-order valence-corrected chi connectivity index (χ2v) is 9.04. The molecular formula is C24H29Cl2N5O2. The Labute approximate surface area is 204 Å². The van der Waals surface area contributed by atoms with Gasteiger partial charge in [-0.25, -0.2) is 4.98 Å². The van der Waals surface area contributed by atoms with E-state index in [0.717, 1.165) is 35.1 Å². The van der Waals surface area contributed by atoms with Crippen LogP contribution in [0.2, 0.25) is 10.0 Å². The van der Waals surface area contributed by atoms with Crippen LogP contribution in [0.15, 0.2) is 36.4 Å². The van der Waals surface area contributed by atoms with Crippen molar-refractivity contribution in [2.45, 2.75) is 18.9 Å². The molecule has 0 unspecified atom stereocenters. The lowest BCUT2D eigenvalue weighted by atomic mass is 9.84. The Balaban J connectivity index is 1.45. The number of likely N-dealkylation sites (N-methyl/N-ethyl adjacent to an activating group) is 1. The van der Waals surface area contributed by atoms with Gasteiger partial charge in [0.15, 0.2) is 5.82 Å². The average molecular weight is 490 g/mol. The molecule has 0 amide bonds. The maximum absolute atomic E-state index is 6.52. The number of nitrogens with two attached hydrogens (primary N) is 1. The summed E-state index contributed by atoms with van der Waals surface area (Å²) in [6, 6.07) is 12.2. The Morgan fingerprint density at radius 3 is 2.76 bits per heavy atom. The molecule has 0 saturated carbocycles. The van der Waals surface area contributed by atoms with Gasteiger partial charge in [0.05, 0.1) is 26.4 Å². The van der Waals surface area contributed by atoms with E-state index < -0.39 is 0 Å². The smallest absolute Gasteiger partial charge is 0.181 e. The van der Waals surface area contributed by atoms with Gasteiger partial charge >= 0.3 is 0 Å². The monoisotopic (exact) mass is 489 g/mol. The van der Waals surface area contributed by atoms with Crippen molar-refractivity contribution in [2.75, 3.05) is 46.6 Å². The van der Waals surface area contributed by atoms with Crippen LogP contribution in [0.25, 0.3) is 11.4 Å². The number of halogens is 2. The minimum absolute atomic E-state index is 0.170. The molecule has 3 N–H and O–H groups in total. The Bertz CT molecular complexity index is 1070. The number of nitrogens with zero attached hydrogens (tertiary/aromatic N) is 3. The summed E-state index contributed by atoms with van der Waals surface area (Å²) < 4.78 is 10.9. The van der Waals surface area contributed by atoms with Crippen LogP contribution >= 0.6 is 23.2 Å². The van der Waals surface area contributed by atoms with E-state index in [-0.39, 0.29) is 5.92 Å². The fourth-order valence-corrected chi connectivity index (χ4v) is 4.70. The van der Waals surface area contributed by atoms with Crippen LogP contribution in [0.3, 0.4) is 0 Å². The molecule has 4 rings (SSSR count). The molecule has 1 aliphatic rings. The third-order valence-corrected chi connectivity index (χ3v) is 6.24. The summed E-state index contributed by atoms with van der Waals surface area (Å²) in [4.78, 5) is 6.94. The number of hydrogen-bond acceptors (Lipinski definition) is 6. The summed E-state index contributed by atoms with van der Waals surface area (Å²) >= 11 is 12.9. The Hall–Kier alpha value is -2.00. The van der Waals surface area contributed by atoms with E-state index in [1.54, 1.807) is 0 Å². The molecule has 0 radical (unpaired) electrons. The first-order valence-electron chi connectivity index (χ1n) is 11.1. The van der Waals surface area contributed by atoms with Crippen LogP contribution in [0.1, 0.15) is 28.4 Å². The largest absolute Gasteiger partial charge is 0.379 e. The van der Waals surface area contributed by atoms with Gasteiger partial charge in [-0.15, -0.1) is 0 Å². The van der Waals surface area contributed by atoms with Gasteiger partial charge < -0.3 is 20.1 Å². The van der Waals surface area contributed by atoms with Crippen molar-refractivity contribution in [1.29, 1.82) is 0 Å². The lowest BCUT2D eigenvalue weighted by Gasteiger charge is -2.33. The molecule has 0 bridgehead atoms. The highest BCUT2D eigenvalue weighted by atomic mass is 35.5. The molecule has 0 aliphatic carbocycles. The minimum Gasteiger partial charge on any atom is -0.379 e. The predicted molar refractivity (Wildman–Crippen MR) is 131 cm³/mol. The Morgan fingerprint density at radius 1 is 1.12 bits per heavy atom. The Kier molecular flexibility index (Phi) is 8.35. The van der Waals surface area contributed by atoms with E-state index in [1.807, 2.05) is 24.3 Å². The number of ether oxygens (including phenoxy) is 2. The molecular weight excluding hydrogens is 461 g/mol. The molecule has 2 heterocycles. The van der Waals surface area contributed by atoms with E-state index in [1.165, 1.54) is 11.1 Å². The van der Waals surface area contributed by atoms with Crippen LogP contribution in [0.4, 0.5) is 0 Å².